The molecule has 1 aromatic carbocycles. The lowest BCUT2D eigenvalue weighted by Crippen LogP contribution is -2.42. The molecule has 3 nitrogen and oxygen atoms in total. The van der Waals surface area contributed by atoms with Crippen molar-refractivity contribution < 1.29 is 13.5 Å². The second kappa shape index (κ2) is 5.61. The molecule has 0 bridgehead atoms. The first-order valence-corrected chi connectivity index (χ1v) is 6.18. The number of hydrogen-bond donors (Lipinski definition) is 2. The number of benzene rings is 1. The Hall–Kier alpha value is -0.910. The third-order valence-electron chi connectivity index (χ3n) is 3.43. The number of nitrogens with one attached hydrogen (secondary N) is 2. The first kappa shape index (κ1) is 14.5. The molecule has 0 saturated carbocycles. The Morgan fingerprint density at radius 2 is 2.16 bits per heavy atom. The minimum atomic E-state index is -2.72. The molecule has 19 heavy (non-hydrogen) atoms. The monoisotopic (exact) mass is 290 g/mol. The average molecular weight is 291 g/mol. The second-order valence-corrected chi connectivity index (χ2v) is 4.96. The topological polar surface area (TPSA) is 33.3 Å². The molecule has 0 amide bonds. The Morgan fingerprint density at radius 3 is 2.95 bits per heavy atom. The Morgan fingerprint density at radius 1 is 1.32 bits per heavy atom. The van der Waals surface area contributed by atoms with Gasteiger partial charge in [0.05, 0.1) is 12.6 Å². The molecule has 0 aromatic heterocycles. The van der Waals surface area contributed by atoms with Crippen LogP contribution in [0.25, 0.3) is 0 Å². The van der Waals surface area contributed by atoms with E-state index < -0.39 is 12.5 Å². The summed E-state index contributed by atoms with van der Waals surface area (Å²) in [5.74, 6) is -2.72. The van der Waals surface area contributed by atoms with Crippen LogP contribution >= 0.6 is 12.4 Å². The Labute approximate surface area is 117 Å². The van der Waals surface area contributed by atoms with Crippen LogP contribution in [0.2, 0.25) is 0 Å². The van der Waals surface area contributed by atoms with Crippen molar-refractivity contribution in [2.45, 2.75) is 31.5 Å². The molecule has 2 aliphatic heterocycles. The van der Waals surface area contributed by atoms with Crippen molar-refractivity contribution in [3.63, 3.8) is 0 Å². The van der Waals surface area contributed by atoms with Crippen LogP contribution in [-0.4, -0.2) is 25.2 Å². The predicted molar refractivity (Wildman–Crippen MR) is 72.0 cm³/mol. The zero-order valence-electron chi connectivity index (χ0n) is 10.4. The molecule has 1 aromatic rings. The molecule has 1 atom stereocenters. The maximum Gasteiger partial charge on any atom is 0.273 e. The predicted octanol–water partition coefficient (Wildman–Crippen LogP) is 2.55. The molecule has 106 valence electrons. The molecule has 1 saturated heterocycles. The van der Waals surface area contributed by atoms with Crippen LogP contribution in [0.5, 0.6) is 0 Å². The maximum atomic E-state index is 13.3. The minimum Gasteiger partial charge on any atom is -0.379 e. The van der Waals surface area contributed by atoms with Gasteiger partial charge in [-0.15, -0.1) is 12.4 Å². The van der Waals surface area contributed by atoms with Crippen LogP contribution in [0.15, 0.2) is 18.2 Å². The molecular weight excluding hydrogens is 274 g/mol. The lowest BCUT2D eigenvalue weighted by molar-refractivity contribution is -0.118. The Kier molecular flexibility index (Phi) is 4.28. The number of ether oxygens (including phenoxy) is 1. The fraction of sp³-hybridized carbons (Fsp3) is 0.538. The van der Waals surface area contributed by atoms with E-state index in [9.17, 15) is 8.78 Å². The van der Waals surface area contributed by atoms with E-state index in [4.69, 9.17) is 4.74 Å². The minimum absolute atomic E-state index is 0. The first-order chi connectivity index (χ1) is 8.64. The molecule has 1 fully saturated rings. The van der Waals surface area contributed by atoms with Gasteiger partial charge in [0, 0.05) is 25.2 Å². The van der Waals surface area contributed by atoms with Gasteiger partial charge >= 0.3 is 0 Å². The normalized spacial score (nSPS) is 24.4. The summed E-state index contributed by atoms with van der Waals surface area (Å²) >= 11 is 0. The van der Waals surface area contributed by atoms with E-state index >= 15 is 0 Å². The van der Waals surface area contributed by atoms with E-state index in [2.05, 4.69) is 16.7 Å². The van der Waals surface area contributed by atoms with Crippen LogP contribution in [0.4, 0.5) is 14.5 Å². The molecular formula is C13H17ClF2N2O. The summed E-state index contributed by atoms with van der Waals surface area (Å²) in [5, 5.41) is 6.45. The molecule has 3 rings (SSSR count). The van der Waals surface area contributed by atoms with Gasteiger partial charge in [0.15, 0.2) is 0 Å². The first-order valence-electron chi connectivity index (χ1n) is 6.18. The number of alkyl halides is 2. The number of hydrogen-bond acceptors (Lipinski definition) is 3. The highest BCUT2D eigenvalue weighted by Crippen LogP contribution is 2.29. The highest BCUT2D eigenvalue weighted by atomic mass is 35.5. The lowest BCUT2D eigenvalue weighted by Gasteiger charge is -2.30. The number of anilines is 1. The number of fused-ring (bicyclic) bond motifs is 1. The Bertz CT molecular complexity index is 456. The quantitative estimate of drug-likeness (QED) is 0.878. The van der Waals surface area contributed by atoms with Crippen LogP contribution in [0.3, 0.4) is 0 Å². The van der Waals surface area contributed by atoms with E-state index in [-0.39, 0.29) is 24.9 Å². The molecule has 0 aliphatic carbocycles. The van der Waals surface area contributed by atoms with Gasteiger partial charge in [-0.25, -0.2) is 8.78 Å². The van der Waals surface area contributed by atoms with Crippen LogP contribution in [0, 0.1) is 0 Å². The smallest absolute Gasteiger partial charge is 0.273 e. The summed E-state index contributed by atoms with van der Waals surface area (Å²) < 4.78 is 31.5. The van der Waals surface area contributed by atoms with Crippen molar-refractivity contribution in [2.24, 2.45) is 0 Å². The van der Waals surface area contributed by atoms with Crippen molar-refractivity contribution in [3.05, 3.63) is 29.3 Å². The zero-order valence-corrected chi connectivity index (χ0v) is 11.2. The van der Waals surface area contributed by atoms with Crippen molar-refractivity contribution in [1.29, 1.82) is 0 Å². The number of halogens is 3. The lowest BCUT2D eigenvalue weighted by atomic mass is 10.0. The average Bonchev–Trinajstić information content (AvgIpc) is 2.77. The van der Waals surface area contributed by atoms with Crippen molar-refractivity contribution in [1.82, 2.24) is 5.32 Å². The number of rotatable bonds is 2. The van der Waals surface area contributed by atoms with E-state index in [1.165, 1.54) is 11.1 Å². The summed E-state index contributed by atoms with van der Waals surface area (Å²) in [4.78, 5) is 0. The van der Waals surface area contributed by atoms with E-state index in [1.807, 2.05) is 12.1 Å². The zero-order chi connectivity index (χ0) is 12.6. The summed E-state index contributed by atoms with van der Waals surface area (Å²) in [6.07, 6.45) is -0.163. The largest absolute Gasteiger partial charge is 0.379 e. The standard InChI is InChI=1S/C13H16F2N2O.ClH/c14-13(15)4-10(7-18-8-13)17-12-3-1-2-9-5-16-6-11(9)12;/h1-3,10,16-17H,4-8H2;1H. The molecule has 0 radical (unpaired) electrons. The molecule has 0 spiro atoms. The van der Waals surface area contributed by atoms with Crippen molar-refractivity contribution in [2.75, 3.05) is 18.5 Å². The van der Waals surface area contributed by atoms with Gasteiger partial charge in [0.1, 0.15) is 6.61 Å². The second-order valence-electron chi connectivity index (χ2n) is 4.96. The summed E-state index contributed by atoms with van der Waals surface area (Å²) in [5.41, 5.74) is 3.37. The third kappa shape index (κ3) is 3.16. The summed E-state index contributed by atoms with van der Waals surface area (Å²) in [6.45, 7) is 1.52. The summed E-state index contributed by atoms with van der Waals surface area (Å²) in [7, 11) is 0. The molecule has 2 aliphatic rings. The maximum absolute atomic E-state index is 13.3. The van der Waals surface area contributed by atoms with E-state index in [0.717, 1.165) is 18.8 Å². The highest BCUT2D eigenvalue weighted by molar-refractivity contribution is 5.85. The van der Waals surface area contributed by atoms with Gasteiger partial charge in [0.25, 0.3) is 5.92 Å². The van der Waals surface area contributed by atoms with Crippen molar-refractivity contribution >= 4 is 18.1 Å². The van der Waals surface area contributed by atoms with Gasteiger partial charge in [0.2, 0.25) is 0 Å². The fourth-order valence-electron chi connectivity index (χ4n) is 2.61. The van der Waals surface area contributed by atoms with E-state index in [0.29, 0.717) is 6.61 Å². The van der Waals surface area contributed by atoms with Gasteiger partial charge in [-0.05, 0) is 17.2 Å². The molecule has 1 unspecified atom stereocenters. The van der Waals surface area contributed by atoms with Crippen molar-refractivity contribution in [3.8, 4) is 0 Å². The van der Waals surface area contributed by atoms with Gasteiger partial charge in [-0.3, -0.25) is 0 Å². The SMILES string of the molecule is Cl.FC1(F)COCC(Nc2cccc3c2CNC3)C1. The van der Waals surface area contributed by atoms with Crippen LogP contribution < -0.4 is 10.6 Å². The van der Waals surface area contributed by atoms with Gasteiger partial charge in [-0.2, -0.15) is 0 Å². The summed E-state index contributed by atoms with van der Waals surface area (Å²) in [6, 6.07) is 5.64. The van der Waals surface area contributed by atoms with Crippen LogP contribution in [-0.2, 0) is 17.8 Å². The fourth-order valence-corrected chi connectivity index (χ4v) is 2.61. The third-order valence-corrected chi connectivity index (χ3v) is 3.43. The molecule has 2 heterocycles. The van der Waals surface area contributed by atoms with Gasteiger partial charge < -0.3 is 15.4 Å². The van der Waals surface area contributed by atoms with Gasteiger partial charge in [-0.1, -0.05) is 12.1 Å². The highest BCUT2D eigenvalue weighted by Gasteiger charge is 2.37. The Balaban J connectivity index is 0.00000133. The van der Waals surface area contributed by atoms with Crippen LogP contribution in [0.1, 0.15) is 17.5 Å². The molecule has 2 N–H and O–H groups in total. The van der Waals surface area contributed by atoms with E-state index in [1.54, 1.807) is 0 Å². The molecule has 6 heteroatoms.